The molecule has 0 aliphatic rings. The first-order valence-corrected chi connectivity index (χ1v) is 34.8. The number of halogens is 9. The van der Waals surface area contributed by atoms with Gasteiger partial charge in [-0.3, -0.25) is 0 Å². The normalized spacial score (nSPS) is 10.7. The van der Waals surface area contributed by atoms with Crippen molar-refractivity contribution in [3.8, 4) is 0 Å². The zero-order chi connectivity index (χ0) is 47.5. The van der Waals surface area contributed by atoms with Gasteiger partial charge >= 0.3 is 0 Å². The largest absolute Gasteiger partial charge is 1.00 e. The third kappa shape index (κ3) is 34.8. The molecule has 1 atom stereocenters. The number of alkyl halides is 3. The van der Waals surface area contributed by atoms with Gasteiger partial charge in [0.2, 0.25) is 6.33 Å². The van der Waals surface area contributed by atoms with Gasteiger partial charge in [0.25, 0.3) is 0 Å². The molecule has 5 aromatic rings. The van der Waals surface area contributed by atoms with Crippen LogP contribution in [0.25, 0.3) is 0 Å². The molecule has 374 valence electrons. The molecule has 0 saturated heterocycles. The minimum Gasteiger partial charge on any atom is -1.00 e. The fourth-order valence-electron chi connectivity index (χ4n) is 6.84. The van der Waals surface area contributed by atoms with Crippen molar-refractivity contribution in [3.63, 3.8) is 0 Å². The number of hydrogen-bond acceptors (Lipinski definition) is 4. The maximum atomic E-state index is 6.15. The topological polar surface area (TPSA) is 8.81 Å². The van der Waals surface area contributed by atoms with E-state index in [0.29, 0.717) is 0 Å². The van der Waals surface area contributed by atoms with Crippen LogP contribution in [-0.4, -0.2) is 21.8 Å². The Balaban J connectivity index is 0. The summed E-state index contributed by atoms with van der Waals surface area (Å²) < 4.78 is 15.5. The second kappa shape index (κ2) is 45.4. The summed E-state index contributed by atoms with van der Waals surface area (Å²) in [6.07, 6.45) is 32.6. The molecule has 5 heterocycles. The lowest BCUT2D eigenvalue weighted by Crippen LogP contribution is -3.00. The van der Waals surface area contributed by atoms with Crippen LogP contribution in [0.4, 0.5) is 0 Å². The van der Waals surface area contributed by atoms with Crippen LogP contribution in [0.3, 0.4) is 0 Å². The van der Waals surface area contributed by atoms with E-state index >= 15 is 0 Å². The summed E-state index contributed by atoms with van der Waals surface area (Å²) in [5, 5.41) is 3.44. The smallest absolute Gasteiger partial charge is 0.243 e. The van der Waals surface area contributed by atoms with Crippen LogP contribution in [0.15, 0.2) is 58.1 Å². The van der Waals surface area contributed by atoms with E-state index in [0.717, 1.165) is 22.5 Å². The Morgan fingerprint density at radius 1 is 0.538 bits per heavy atom. The number of nitrogens with zero attached hydrogens (tertiary/aromatic N) is 2. The van der Waals surface area contributed by atoms with Gasteiger partial charge in [-0.1, -0.05) is 124 Å². The quantitative estimate of drug-likeness (QED) is 0.0238. The first-order chi connectivity index (χ1) is 30.8. The molecule has 0 aromatic carbocycles. The van der Waals surface area contributed by atoms with Crippen molar-refractivity contribution < 1.29 is 21.5 Å². The minimum absolute atomic E-state index is 0. The maximum Gasteiger partial charge on any atom is 0.243 e. The van der Waals surface area contributed by atoms with E-state index < -0.39 is 0 Å². The van der Waals surface area contributed by atoms with E-state index in [9.17, 15) is 0 Å². The predicted molar refractivity (Wildman–Crippen MR) is 328 cm³/mol. The van der Waals surface area contributed by atoms with Crippen molar-refractivity contribution >= 4 is 180 Å². The van der Waals surface area contributed by atoms with E-state index in [4.69, 9.17) is 1.28 Å². The van der Waals surface area contributed by atoms with Gasteiger partial charge in [0.1, 0.15) is 12.4 Å². The zero-order valence-corrected chi connectivity index (χ0v) is 57.0. The molecule has 0 aliphatic carbocycles. The Bertz CT molecular complexity index is 1740. The van der Waals surface area contributed by atoms with Crippen molar-refractivity contribution in [2.45, 2.75) is 170 Å². The maximum absolute atomic E-state index is 6.15. The summed E-state index contributed by atoms with van der Waals surface area (Å²) in [7, 11) is 2.22. The highest BCUT2D eigenvalue weighted by Gasteiger charge is 2.07. The van der Waals surface area contributed by atoms with Gasteiger partial charge in [-0.25, -0.2) is 9.13 Å². The Morgan fingerprint density at radius 3 is 1.15 bits per heavy atom. The molecular formula is C49H76Br9N2PS4. The Labute approximate surface area is 494 Å². The molecule has 5 aromatic heterocycles. The Kier molecular flexibility index (Phi) is 47.3. The SMILES string of the molecule is BrCCCCCCc1cc(Br)sc1Br.BrCCCCCCc1cc(Br)sc1Br.C.Cc1cc(CCCCCCBr)c(C)s1.Cc1cc(CCCCCCn2cc[n+](C)c2)c(C)s1.[3H]PBr.[Br-]. The van der Waals surface area contributed by atoms with Gasteiger partial charge in [-0.05, 0) is 221 Å². The van der Waals surface area contributed by atoms with E-state index in [1.807, 2.05) is 22.7 Å². The number of aryl methyl sites for hydroxylation is 10. The van der Waals surface area contributed by atoms with Crippen LogP contribution in [0.2, 0.25) is 0 Å². The van der Waals surface area contributed by atoms with Gasteiger partial charge in [0.15, 0.2) is 0 Å². The average Bonchev–Trinajstić information content (AvgIpc) is 4.06. The number of hydrogen-bond donors (Lipinski definition) is 0. The molecule has 0 bridgehead atoms. The van der Waals surface area contributed by atoms with E-state index in [2.05, 4.69) is 214 Å². The summed E-state index contributed by atoms with van der Waals surface area (Å²) in [5.41, 5.74) is 6.03. The van der Waals surface area contributed by atoms with Crippen LogP contribution in [0.5, 0.6) is 0 Å². The third-order valence-electron chi connectivity index (χ3n) is 10.2. The molecule has 0 fully saturated rings. The van der Waals surface area contributed by atoms with Crippen molar-refractivity contribution in [2.24, 2.45) is 7.05 Å². The fraction of sp³-hybridized carbons (Fsp3) is 0.612. The van der Waals surface area contributed by atoms with Crippen LogP contribution in [0.1, 0.15) is 152 Å². The van der Waals surface area contributed by atoms with Crippen molar-refractivity contribution in [3.05, 3.63) is 99.9 Å². The Morgan fingerprint density at radius 2 is 0.877 bits per heavy atom. The fourth-order valence-corrected chi connectivity index (χ4v) is 15.8. The zero-order valence-electron chi connectivity index (χ0n) is 39.4. The lowest BCUT2D eigenvalue weighted by molar-refractivity contribution is -0.671. The lowest BCUT2D eigenvalue weighted by atomic mass is 10.1. The highest BCUT2D eigenvalue weighted by atomic mass is 79.9. The molecule has 65 heavy (non-hydrogen) atoms. The average molecular weight is 1570 g/mol. The summed E-state index contributed by atoms with van der Waals surface area (Å²) in [6, 6.07) is 9.16. The van der Waals surface area contributed by atoms with Gasteiger partial charge in [0.05, 0.1) is 30.0 Å². The monoisotopic (exact) mass is 1560 g/mol. The molecule has 0 radical (unpaired) electrons. The van der Waals surface area contributed by atoms with Gasteiger partial charge in [0, 0.05) is 35.5 Å². The predicted octanol–water partition coefficient (Wildman–Crippen LogP) is 19.0. The summed E-state index contributed by atoms with van der Waals surface area (Å²) in [6.45, 7) is 10.0. The van der Waals surface area contributed by atoms with Gasteiger partial charge in [-0.15, -0.1) is 45.3 Å². The molecule has 5 rings (SSSR count). The van der Waals surface area contributed by atoms with Gasteiger partial charge in [-0.2, -0.15) is 0 Å². The molecule has 0 amide bonds. The standard InChI is InChI=1S/C16H25N2S.C12H19BrS.2C10H13Br3S.CH4.BrH2P.BrH/c1-14-12-16(15(2)19-14)8-6-4-5-7-9-18-11-10-17(3)13-18;1-10-9-12(11(2)14-10)7-5-3-4-6-8-13;2*11-6-4-2-1-3-5-8-7-9(12)14-10(8)13;;1-2;/h10-13H,4-9H2,1-3H3;9H,3-8H2,1-2H3;2*7H,1-6H2;1H4;2H2;1H/q+1;;;;;;/p-1/i;;;;;2T;. The number of unbranched alkanes of at least 4 members (excludes halogenated alkanes) is 12. The highest BCUT2D eigenvalue weighted by Crippen LogP contribution is 2.34. The first kappa shape index (κ1) is 67.8. The summed E-state index contributed by atoms with van der Waals surface area (Å²) in [5.74, 6) is 0. The third-order valence-corrected chi connectivity index (χ3v) is 18.8. The molecule has 0 spiro atoms. The molecule has 2 nitrogen and oxygen atoms in total. The van der Waals surface area contributed by atoms with Crippen molar-refractivity contribution in [2.75, 3.05) is 16.0 Å². The van der Waals surface area contributed by atoms with Crippen LogP contribution in [-0.2, 0) is 39.3 Å². The first-order valence-electron chi connectivity index (χ1n) is 22.7. The molecule has 1 unspecified atom stereocenters. The number of imidazole rings is 1. The molecule has 0 N–H and O–H groups in total. The highest BCUT2D eigenvalue weighted by molar-refractivity contribution is 9.34. The second-order valence-electron chi connectivity index (χ2n) is 15.6. The van der Waals surface area contributed by atoms with Crippen molar-refractivity contribution in [1.29, 1.82) is 1.28 Å². The van der Waals surface area contributed by atoms with Crippen molar-refractivity contribution in [1.82, 2.24) is 4.57 Å². The van der Waals surface area contributed by atoms with E-state index in [-0.39, 0.29) is 32.3 Å². The van der Waals surface area contributed by atoms with Crippen LogP contribution >= 0.6 is 180 Å². The molecule has 16 heteroatoms. The summed E-state index contributed by atoms with van der Waals surface area (Å²) in [4.78, 5) is 5.94. The summed E-state index contributed by atoms with van der Waals surface area (Å²) >= 11 is 34.8. The minimum atomic E-state index is 0. The molecule has 0 saturated carbocycles. The number of rotatable bonds is 25. The number of thiophene rings is 4. The lowest BCUT2D eigenvalue weighted by Gasteiger charge is -2.01. The second-order valence-corrected chi connectivity index (χ2v) is 28.4. The van der Waals surface area contributed by atoms with E-state index in [1.165, 1.54) is 174 Å². The molecular weight excluding hydrogens is 1490 g/mol. The Hall–Kier alpha value is 2.76. The van der Waals surface area contributed by atoms with E-state index in [1.54, 1.807) is 33.8 Å². The van der Waals surface area contributed by atoms with Crippen LogP contribution in [0, 0.1) is 27.7 Å². The number of aromatic nitrogens is 2. The molecule has 0 aliphatic heterocycles. The van der Waals surface area contributed by atoms with Gasteiger partial charge < -0.3 is 17.0 Å². The van der Waals surface area contributed by atoms with Crippen LogP contribution < -0.4 is 21.5 Å².